The van der Waals surface area contributed by atoms with Crippen LogP contribution in [0.15, 0.2) is 42.5 Å². The van der Waals surface area contributed by atoms with E-state index in [4.69, 9.17) is 5.73 Å². The maximum absolute atomic E-state index is 12.8. The summed E-state index contributed by atoms with van der Waals surface area (Å²) in [6.45, 7) is 0.887. The number of piperidine rings is 1. The van der Waals surface area contributed by atoms with Gasteiger partial charge in [-0.2, -0.15) is 0 Å². The Hall–Kier alpha value is -3.28. The van der Waals surface area contributed by atoms with Crippen LogP contribution in [0.5, 0.6) is 0 Å². The van der Waals surface area contributed by atoms with E-state index in [1.54, 1.807) is 41.3 Å². The van der Waals surface area contributed by atoms with E-state index in [0.717, 1.165) is 0 Å². The molecule has 1 saturated heterocycles. The van der Waals surface area contributed by atoms with Gasteiger partial charge in [0.05, 0.1) is 0 Å². The van der Waals surface area contributed by atoms with Crippen molar-refractivity contribution in [3.63, 3.8) is 0 Å². The topological polar surface area (TPSA) is 97.5 Å². The molecule has 2 aromatic carbocycles. The van der Waals surface area contributed by atoms with Gasteiger partial charge in [0, 0.05) is 46.8 Å². The number of benzene rings is 2. The van der Waals surface area contributed by atoms with Crippen molar-refractivity contribution in [3.05, 3.63) is 70.3 Å². The second-order valence-corrected chi connectivity index (χ2v) is 6.93. The molecule has 0 radical (unpaired) electrons. The minimum Gasteiger partial charge on any atom is -0.369 e. The number of carbonyl (C=O) groups excluding carboxylic acids is 4. The van der Waals surface area contributed by atoms with Crippen molar-refractivity contribution >= 4 is 23.4 Å². The first-order valence-corrected chi connectivity index (χ1v) is 8.88. The summed E-state index contributed by atoms with van der Waals surface area (Å²) < 4.78 is 0. The lowest BCUT2D eigenvalue weighted by atomic mass is 9.83. The molecule has 2 N–H and O–H groups in total. The molecule has 1 aliphatic carbocycles. The highest BCUT2D eigenvalue weighted by Crippen LogP contribution is 2.28. The summed E-state index contributed by atoms with van der Waals surface area (Å²) in [4.78, 5) is 51.2. The van der Waals surface area contributed by atoms with Gasteiger partial charge in [0.25, 0.3) is 5.91 Å². The largest absolute Gasteiger partial charge is 0.369 e. The quantitative estimate of drug-likeness (QED) is 0.752. The summed E-state index contributed by atoms with van der Waals surface area (Å²) in [5, 5.41) is 0. The van der Waals surface area contributed by atoms with Crippen LogP contribution in [-0.2, 0) is 4.79 Å². The third kappa shape index (κ3) is 2.83. The number of rotatable bonds is 2. The van der Waals surface area contributed by atoms with Gasteiger partial charge >= 0.3 is 0 Å². The van der Waals surface area contributed by atoms with Crippen molar-refractivity contribution in [2.75, 3.05) is 13.1 Å². The molecule has 1 aliphatic heterocycles. The molecule has 27 heavy (non-hydrogen) atoms. The molecule has 0 spiro atoms. The molecule has 0 saturated carbocycles. The van der Waals surface area contributed by atoms with Crippen molar-refractivity contribution < 1.29 is 19.2 Å². The van der Waals surface area contributed by atoms with Crippen molar-refractivity contribution in [3.8, 4) is 0 Å². The number of hydrogen-bond acceptors (Lipinski definition) is 4. The first-order valence-electron chi connectivity index (χ1n) is 8.88. The third-order valence-electron chi connectivity index (χ3n) is 5.36. The fourth-order valence-electron chi connectivity index (χ4n) is 3.78. The molecule has 0 atom stereocenters. The second-order valence-electron chi connectivity index (χ2n) is 6.93. The van der Waals surface area contributed by atoms with Crippen LogP contribution in [0.3, 0.4) is 0 Å². The number of amides is 2. The molecule has 6 nitrogen and oxygen atoms in total. The van der Waals surface area contributed by atoms with E-state index >= 15 is 0 Å². The standard InChI is InChI=1S/C21H18N2O4/c22-20(26)12-7-9-23(10-8-12)21(27)13-5-6-16-17(11-13)19(25)15-4-2-1-3-14(15)18(16)24/h1-6,11-12H,7-10H2,(H2,22,26). The number of primary amides is 1. The number of hydrogen-bond donors (Lipinski definition) is 1. The number of likely N-dealkylation sites (tertiary alicyclic amines) is 1. The Morgan fingerprint density at radius 2 is 1.41 bits per heavy atom. The Labute approximate surface area is 156 Å². The van der Waals surface area contributed by atoms with Crippen LogP contribution in [-0.4, -0.2) is 41.4 Å². The Morgan fingerprint density at radius 3 is 2.00 bits per heavy atom. The van der Waals surface area contributed by atoms with Gasteiger partial charge < -0.3 is 10.6 Å². The first-order chi connectivity index (χ1) is 13.0. The van der Waals surface area contributed by atoms with Crippen molar-refractivity contribution in [1.82, 2.24) is 4.90 Å². The molecule has 1 fully saturated rings. The lowest BCUT2D eigenvalue weighted by Crippen LogP contribution is -2.41. The summed E-state index contributed by atoms with van der Waals surface area (Å²) in [6, 6.07) is 11.3. The second kappa shape index (κ2) is 6.46. The highest BCUT2D eigenvalue weighted by Gasteiger charge is 2.31. The van der Waals surface area contributed by atoms with Crippen LogP contribution in [0.25, 0.3) is 0 Å². The van der Waals surface area contributed by atoms with Gasteiger partial charge in [-0.05, 0) is 31.0 Å². The highest BCUT2D eigenvalue weighted by molar-refractivity contribution is 6.28. The molecule has 2 aromatic rings. The number of fused-ring (bicyclic) bond motifs is 2. The Balaban J connectivity index is 1.62. The van der Waals surface area contributed by atoms with E-state index in [2.05, 4.69) is 0 Å². The van der Waals surface area contributed by atoms with E-state index in [1.165, 1.54) is 6.07 Å². The first kappa shape index (κ1) is 17.1. The normalized spacial score (nSPS) is 16.7. The van der Waals surface area contributed by atoms with Crippen molar-refractivity contribution in [1.29, 1.82) is 0 Å². The van der Waals surface area contributed by atoms with Crippen molar-refractivity contribution in [2.24, 2.45) is 11.7 Å². The van der Waals surface area contributed by atoms with E-state index in [1.807, 2.05) is 0 Å². The molecule has 136 valence electrons. The minimum absolute atomic E-state index is 0.201. The fraction of sp³-hybridized carbons (Fsp3) is 0.238. The van der Waals surface area contributed by atoms with Gasteiger partial charge in [-0.1, -0.05) is 24.3 Å². The fourth-order valence-corrected chi connectivity index (χ4v) is 3.78. The molecular weight excluding hydrogens is 344 g/mol. The Bertz CT molecular complexity index is 987. The molecule has 4 rings (SSSR count). The van der Waals surface area contributed by atoms with Crippen LogP contribution in [0.1, 0.15) is 55.0 Å². The number of carbonyl (C=O) groups is 4. The predicted molar refractivity (Wildman–Crippen MR) is 97.6 cm³/mol. The maximum Gasteiger partial charge on any atom is 0.253 e. The van der Waals surface area contributed by atoms with E-state index < -0.39 is 0 Å². The number of nitrogens with zero attached hydrogens (tertiary/aromatic N) is 1. The van der Waals surface area contributed by atoms with Crippen molar-refractivity contribution in [2.45, 2.75) is 12.8 Å². The number of nitrogens with two attached hydrogens (primary N) is 1. The Kier molecular flexibility index (Phi) is 4.11. The lowest BCUT2D eigenvalue weighted by molar-refractivity contribution is -0.123. The molecule has 2 amide bonds. The summed E-state index contributed by atoms with van der Waals surface area (Å²) >= 11 is 0. The average Bonchev–Trinajstić information content (AvgIpc) is 2.71. The van der Waals surface area contributed by atoms with E-state index in [9.17, 15) is 19.2 Å². The molecule has 0 aromatic heterocycles. The highest BCUT2D eigenvalue weighted by atomic mass is 16.2. The third-order valence-corrected chi connectivity index (χ3v) is 5.36. The lowest BCUT2D eigenvalue weighted by Gasteiger charge is -2.30. The smallest absolute Gasteiger partial charge is 0.253 e. The molecule has 6 heteroatoms. The average molecular weight is 362 g/mol. The van der Waals surface area contributed by atoms with E-state index in [-0.39, 0.29) is 34.9 Å². The van der Waals surface area contributed by atoms with E-state index in [0.29, 0.717) is 48.2 Å². The maximum atomic E-state index is 12.8. The van der Waals surface area contributed by atoms with Gasteiger partial charge in [-0.3, -0.25) is 19.2 Å². The monoisotopic (exact) mass is 362 g/mol. The zero-order valence-electron chi connectivity index (χ0n) is 14.6. The van der Waals surface area contributed by atoms with Gasteiger partial charge in [-0.25, -0.2) is 0 Å². The van der Waals surface area contributed by atoms with Gasteiger partial charge in [0.15, 0.2) is 11.6 Å². The minimum atomic E-state index is -0.335. The molecule has 1 heterocycles. The molecule has 0 unspecified atom stereocenters. The molecular formula is C21H18N2O4. The molecule has 2 aliphatic rings. The van der Waals surface area contributed by atoms with Gasteiger partial charge in [0.1, 0.15) is 0 Å². The van der Waals surface area contributed by atoms with Crippen LogP contribution in [0.2, 0.25) is 0 Å². The zero-order chi connectivity index (χ0) is 19.1. The van der Waals surface area contributed by atoms with Crippen LogP contribution < -0.4 is 5.73 Å². The predicted octanol–water partition coefficient (Wildman–Crippen LogP) is 1.80. The summed E-state index contributed by atoms with van der Waals surface area (Å²) in [6.07, 6.45) is 1.08. The van der Waals surface area contributed by atoms with Crippen LogP contribution in [0.4, 0.5) is 0 Å². The SMILES string of the molecule is NC(=O)C1CCN(C(=O)c2ccc3c(c2)C(=O)c2ccccc2C3=O)CC1. The zero-order valence-corrected chi connectivity index (χ0v) is 14.6. The van der Waals surface area contributed by atoms with Gasteiger partial charge in [-0.15, -0.1) is 0 Å². The van der Waals surface area contributed by atoms with Gasteiger partial charge in [0.2, 0.25) is 5.91 Å². The Morgan fingerprint density at radius 1 is 0.852 bits per heavy atom. The summed E-state index contributed by atoms with van der Waals surface area (Å²) in [7, 11) is 0. The van der Waals surface area contributed by atoms with Crippen LogP contribution >= 0.6 is 0 Å². The number of ketones is 2. The summed E-state index contributed by atoms with van der Waals surface area (Å²) in [5.41, 5.74) is 7.04. The van der Waals surface area contributed by atoms with Crippen LogP contribution in [0, 0.1) is 5.92 Å². The molecule has 0 bridgehead atoms. The summed E-state index contributed by atoms with van der Waals surface area (Å²) in [5.74, 6) is -1.20.